The van der Waals surface area contributed by atoms with Gasteiger partial charge in [0.15, 0.2) is 0 Å². The minimum Gasteiger partial charge on any atom is -0.491 e. The highest BCUT2D eigenvalue weighted by atomic mass is 31.2. The first-order chi connectivity index (χ1) is 17.3. The summed E-state index contributed by atoms with van der Waals surface area (Å²) in [5.74, 6) is -0.453. The maximum Gasteiger partial charge on any atom is 0.455 e. The van der Waals surface area contributed by atoms with Gasteiger partial charge in [0.25, 0.3) is 0 Å². The predicted octanol–water partition coefficient (Wildman–Crippen LogP) is 3.08. The first-order valence-corrected chi connectivity index (χ1v) is 13.1. The van der Waals surface area contributed by atoms with Crippen molar-refractivity contribution in [2.24, 2.45) is 16.4 Å². The molecule has 36 heavy (non-hydrogen) atoms. The number of nitrogens with one attached hydrogen (secondary N) is 1. The lowest BCUT2D eigenvalue weighted by Gasteiger charge is -2.15. The Kier molecular flexibility index (Phi) is 9.58. The van der Waals surface area contributed by atoms with Crippen LogP contribution in [-0.4, -0.2) is 55.7 Å². The number of esters is 1. The third-order valence-electron chi connectivity index (χ3n) is 5.40. The zero-order valence-electron chi connectivity index (χ0n) is 20.5. The highest BCUT2D eigenvalue weighted by Crippen LogP contribution is 2.49. The molecule has 194 valence electrons. The smallest absolute Gasteiger partial charge is 0.455 e. The van der Waals surface area contributed by atoms with E-state index in [2.05, 4.69) is 19.8 Å². The Morgan fingerprint density at radius 3 is 2.56 bits per heavy atom. The van der Waals surface area contributed by atoms with Crippen LogP contribution in [0.3, 0.4) is 0 Å². The molecule has 12 heteroatoms. The number of para-hydroxylation sites is 1. The summed E-state index contributed by atoms with van der Waals surface area (Å²) in [5, 5.41) is 2.86. The molecule has 1 aliphatic rings. The van der Waals surface area contributed by atoms with Gasteiger partial charge >= 0.3 is 13.7 Å². The van der Waals surface area contributed by atoms with Crippen molar-refractivity contribution >= 4 is 25.5 Å². The summed E-state index contributed by atoms with van der Waals surface area (Å²) >= 11 is 0. The van der Waals surface area contributed by atoms with Gasteiger partial charge in [0.1, 0.15) is 18.2 Å². The maximum absolute atomic E-state index is 12.6. The van der Waals surface area contributed by atoms with Crippen LogP contribution in [0.25, 0.3) is 11.3 Å². The summed E-state index contributed by atoms with van der Waals surface area (Å²) in [4.78, 5) is 28.1. The summed E-state index contributed by atoms with van der Waals surface area (Å²) in [6, 6.07) is 10.6. The number of nitrogens with zero attached hydrogens (tertiary/aromatic N) is 2. The Bertz CT molecular complexity index is 1130. The van der Waals surface area contributed by atoms with E-state index in [1.807, 2.05) is 24.3 Å². The Balaban J connectivity index is 1.70. The molecule has 1 aliphatic heterocycles. The first-order valence-electron chi connectivity index (χ1n) is 11.6. The number of carbonyl (C=O) groups is 2. The van der Waals surface area contributed by atoms with Crippen LogP contribution in [0, 0.1) is 5.92 Å². The number of carbonyl (C=O) groups excluding carboxylic acids is 2. The van der Waals surface area contributed by atoms with E-state index in [0.717, 1.165) is 5.56 Å². The van der Waals surface area contributed by atoms with E-state index in [0.29, 0.717) is 23.4 Å². The molecular weight excluding hydrogens is 487 g/mol. The molecule has 2 aromatic rings. The number of aromatic nitrogens is 1. The minimum absolute atomic E-state index is 0.0118. The molecule has 1 fully saturated rings. The van der Waals surface area contributed by atoms with E-state index in [-0.39, 0.29) is 44.0 Å². The molecule has 3 rings (SSSR count). The molecule has 1 aromatic carbocycles. The Morgan fingerprint density at radius 2 is 1.92 bits per heavy atom. The lowest BCUT2D eigenvalue weighted by Crippen LogP contribution is -2.31. The van der Waals surface area contributed by atoms with Gasteiger partial charge in [-0.2, -0.15) is 4.76 Å². The minimum atomic E-state index is -3.70. The van der Waals surface area contributed by atoms with Gasteiger partial charge in [-0.3, -0.25) is 23.6 Å². The number of benzene rings is 1. The van der Waals surface area contributed by atoms with Crippen molar-refractivity contribution in [3.63, 3.8) is 0 Å². The summed E-state index contributed by atoms with van der Waals surface area (Å²) in [6.07, 6.45) is 2.04. The van der Waals surface area contributed by atoms with E-state index in [9.17, 15) is 14.2 Å². The van der Waals surface area contributed by atoms with Gasteiger partial charge in [-0.05, 0) is 44.5 Å². The quantitative estimate of drug-likeness (QED) is 0.187. The van der Waals surface area contributed by atoms with Crippen LogP contribution in [-0.2, 0) is 27.9 Å². The van der Waals surface area contributed by atoms with Gasteiger partial charge in [0.2, 0.25) is 5.91 Å². The molecule has 1 amide bonds. The van der Waals surface area contributed by atoms with Crippen molar-refractivity contribution in [3.8, 4) is 17.0 Å². The average Bonchev–Trinajstić information content (AvgIpc) is 3.21. The van der Waals surface area contributed by atoms with Crippen LogP contribution in [0.1, 0.15) is 32.3 Å². The van der Waals surface area contributed by atoms with Crippen molar-refractivity contribution in [2.45, 2.75) is 32.7 Å². The third kappa shape index (κ3) is 7.13. The van der Waals surface area contributed by atoms with E-state index in [4.69, 9.17) is 19.5 Å². The summed E-state index contributed by atoms with van der Waals surface area (Å²) < 4.78 is 37.6. The first kappa shape index (κ1) is 27.3. The lowest BCUT2D eigenvalue weighted by atomic mass is 10.0. The fourth-order valence-corrected chi connectivity index (χ4v) is 4.93. The molecule has 0 aliphatic carbocycles. The Labute approximate surface area is 210 Å². The van der Waals surface area contributed by atoms with Gasteiger partial charge in [-0.25, -0.2) is 4.57 Å². The van der Waals surface area contributed by atoms with Crippen molar-refractivity contribution < 1.29 is 32.7 Å². The molecule has 0 spiro atoms. The van der Waals surface area contributed by atoms with Crippen molar-refractivity contribution in [3.05, 3.63) is 48.2 Å². The third-order valence-corrected chi connectivity index (χ3v) is 7.03. The average molecular weight is 519 g/mol. The SMILES string of the molecule is CCOP(=O)(N=C(N)c1ccc(-c2ccccc2OC[C@@H]2C[C@@H](CC(=O)OC)C(=O)N2)nc1)OCC. The largest absolute Gasteiger partial charge is 0.491 e. The van der Waals surface area contributed by atoms with Gasteiger partial charge < -0.3 is 20.5 Å². The fraction of sp³-hybridized carbons (Fsp3) is 0.417. The van der Waals surface area contributed by atoms with Gasteiger partial charge in [0, 0.05) is 17.3 Å². The monoisotopic (exact) mass is 518 g/mol. The fourth-order valence-electron chi connectivity index (χ4n) is 3.71. The Hall–Kier alpha value is -3.27. The van der Waals surface area contributed by atoms with Crippen LogP contribution in [0.15, 0.2) is 47.4 Å². The molecule has 0 radical (unpaired) electrons. The second kappa shape index (κ2) is 12.6. The van der Waals surface area contributed by atoms with Crippen molar-refractivity contribution in [1.29, 1.82) is 0 Å². The molecule has 2 heterocycles. The molecule has 0 bridgehead atoms. The van der Waals surface area contributed by atoms with Crippen molar-refractivity contribution in [1.82, 2.24) is 10.3 Å². The topological polar surface area (TPSA) is 151 Å². The summed E-state index contributed by atoms with van der Waals surface area (Å²) in [7, 11) is -2.40. The standard InChI is InChI=1S/C24H31N4O7P/c1-4-34-36(31,35-5-2)28-23(25)16-10-11-20(26-14-16)19-8-6-7-9-21(19)33-15-18-12-17(24(30)27-18)13-22(29)32-3/h6-11,14,17-18H,4-5,12-13,15H2,1-3H3,(H,27,30)(H2,25,28,31)/t17-,18-/m0/s1. The number of amides is 1. The normalized spacial score (nSPS) is 18.1. The number of methoxy groups -OCH3 is 1. The molecular formula is C24H31N4O7P. The zero-order valence-corrected chi connectivity index (χ0v) is 21.4. The van der Waals surface area contributed by atoms with Crippen LogP contribution >= 0.6 is 7.75 Å². The van der Waals surface area contributed by atoms with Gasteiger partial charge in [0.05, 0.1) is 44.4 Å². The predicted molar refractivity (Wildman–Crippen MR) is 133 cm³/mol. The number of hydrogen-bond donors (Lipinski definition) is 2. The number of amidine groups is 1. The van der Waals surface area contributed by atoms with Crippen LogP contribution in [0.5, 0.6) is 5.75 Å². The maximum atomic E-state index is 12.6. The Morgan fingerprint density at radius 1 is 1.19 bits per heavy atom. The summed E-state index contributed by atoms with van der Waals surface area (Å²) in [5.41, 5.74) is 7.85. The second-order valence-electron chi connectivity index (χ2n) is 7.95. The molecule has 1 aromatic heterocycles. The zero-order chi connectivity index (χ0) is 26.1. The highest BCUT2D eigenvalue weighted by molar-refractivity contribution is 7.52. The second-order valence-corrected chi connectivity index (χ2v) is 9.60. The van der Waals surface area contributed by atoms with Gasteiger partial charge in [-0.15, -0.1) is 0 Å². The van der Waals surface area contributed by atoms with E-state index >= 15 is 0 Å². The molecule has 3 N–H and O–H groups in total. The van der Waals surface area contributed by atoms with Crippen LogP contribution < -0.4 is 15.8 Å². The number of rotatable bonds is 12. The van der Waals surface area contributed by atoms with Crippen LogP contribution in [0.2, 0.25) is 0 Å². The number of hydrogen-bond acceptors (Lipinski definition) is 8. The molecule has 0 saturated carbocycles. The molecule has 0 unspecified atom stereocenters. The number of nitrogens with two attached hydrogens (primary N) is 1. The molecule has 2 atom stereocenters. The van der Waals surface area contributed by atoms with E-state index in [1.54, 1.807) is 26.0 Å². The van der Waals surface area contributed by atoms with E-state index in [1.165, 1.54) is 13.3 Å². The van der Waals surface area contributed by atoms with Crippen molar-refractivity contribution in [2.75, 3.05) is 26.9 Å². The highest BCUT2D eigenvalue weighted by Gasteiger charge is 2.34. The number of ether oxygens (including phenoxy) is 2. The summed E-state index contributed by atoms with van der Waals surface area (Å²) in [6.45, 7) is 3.95. The van der Waals surface area contributed by atoms with E-state index < -0.39 is 19.6 Å². The number of pyridine rings is 1. The van der Waals surface area contributed by atoms with Crippen LogP contribution in [0.4, 0.5) is 0 Å². The van der Waals surface area contributed by atoms with Gasteiger partial charge in [-0.1, -0.05) is 12.1 Å². The molecule has 1 saturated heterocycles. The lowest BCUT2D eigenvalue weighted by molar-refractivity contribution is -0.143. The molecule has 11 nitrogen and oxygen atoms in total.